The van der Waals surface area contributed by atoms with Gasteiger partial charge < -0.3 is 10.2 Å². The lowest BCUT2D eigenvalue weighted by Crippen LogP contribution is -2.01. The van der Waals surface area contributed by atoms with E-state index in [0.29, 0.717) is 6.42 Å². The number of fused-ring (bicyclic) bond motifs is 1. The molecule has 2 aromatic rings. The molecular weight excluding hydrogens is 268 g/mol. The highest BCUT2D eigenvalue weighted by Gasteiger charge is 2.12. The van der Waals surface area contributed by atoms with Crippen LogP contribution < -0.4 is 0 Å². The fraction of sp³-hybridized carbons (Fsp3) is 0.231. The van der Waals surface area contributed by atoms with E-state index in [-0.39, 0.29) is 6.61 Å². The molecule has 0 aliphatic rings. The van der Waals surface area contributed by atoms with E-state index in [1.54, 1.807) is 0 Å². The minimum absolute atomic E-state index is 0.0135. The molecule has 0 spiro atoms. The SMILES string of the molecule is OCCC(O)c1ccc2ccccc2c1Br. The molecule has 2 nitrogen and oxygen atoms in total. The molecule has 84 valence electrons. The fourth-order valence-electron chi connectivity index (χ4n) is 1.79. The van der Waals surface area contributed by atoms with Crippen LogP contribution in [0.2, 0.25) is 0 Å². The monoisotopic (exact) mass is 280 g/mol. The van der Waals surface area contributed by atoms with Gasteiger partial charge in [0.1, 0.15) is 0 Å². The Labute approximate surface area is 103 Å². The lowest BCUT2D eigenvalue weighted by atomic mass is 10.0. The van der Waals surface area contributed by atoms with Gasteiger partial charge in [0, 0.05) is 17.5 Å². The minimum Gasteiger partial charge on any atom is -0.396 e. The summed E-state index contributed by atoms with van der Waals surface area (Å²) in [6, 6.07) is 11.9. The number of aliphatic hydroxyl groups is 2. The van der Waals surface area contributed by atoms with Crippen molar-refractivity contribution in [2.75, 3.05) is 6.61 Å². The molecule has 0 aliphatic heterocycles. The molecule has 2 aromatic carbocycles. The molecule has 16 heavy (non-hydrogen) atoms. The Bertz CT molecular complexity index is 496. The van der Waals surface area contributed by atoms with Crippen LogP contribution in [0.1, 0.15) is 18.1 Å². The van der Waals surface area contributed by atoms with Crippen molar-refractivity contribution in [2.24, 2.45) is 0 Å². The smallest absolute Gasteiger partial charge is 0.0823 e. The van der Waals surface area contributed by atoms with Crippen LogP contribution in [-0.2, 0) is 0 Å². The highest BCUT2D eigenvalue weighted by Crippen LogP contribution is 2.32. The Morgan fingerprint density at radius 1 is 1.12 bits per heavy atom. The second-order valence-electron chi connectivity index (χ2n) is 3.72. The van der Waals surface area contributed by atoms with Crippen molar-refractivity contribution < 1.29 is 10.2 Å². The number of benzene rings is 2. The summed E-state index contributed by atoms with van der Waals surface area (Å²) in [7, 11) is 0. The van der Waals surface area contributed by atoms with Crippen LogP contribution in [0.4, 0.5) is 0 Å². The van der Waals surface area contributed by atoms with Gasteiger partial charge in [-0.2, -0.15) is 0 Å². The Kier molecular flexibility index (Phi) is 3.59. The van der Waals surface area contributed by atoms with Crippen LogP contribution in [0.3, 0.4) is 0 Å². The summed E-state index contributed by atoms with van der Waals surface area (Å²) in [6.07, 6.45) is -0.263. The Morgan fingerprint density at radius 3 is 2.62 bits per heavy atom. The van der Waals surface area contributed by atoms with Crippen LogP contribution in [-0.4, -0.2) is 16.8 Å². The summed E-state index contributed by atoms with van der Waals surface area (Å²) in [6.45, 7) is -0.0135. The summed E-state index contributed by atoms with van der Waals surface area (Å²) < 4.78 is 0.909. The fourth-order valence-corrected chi connectivity index (χ4v) is 2.54. The molecule has 0 radical (unpaired) electrons. The average molecular weight is 281 g/mol. The average Bonchev–Trinajstić information content (AvgIpc) is 2.30. The van der Waals surface area contributed by atoms with E-state index in [1.165, 1.54) is 0 Å². The van der Waals surface area contributed by atoms with Crippen molar-refractivity contribution in [1.82, 2.24) is 0 Å². The third kappa shape index (κ3) is 2.12. The van der Waals surface area contributed by atoms with Crippen molar-refractivity contribution in [1.29, 1.82) is 0 Å². The quantitative estimate of drug-likeness (QED) is 0.908. The Hall–Kier alpha value is -0.900. The first-order chi connectivity index (χ1) is 7.74. The van der Waals surface area contributed by atoms with Gasteiger partial charge in [-0.05, 0) is 32.3 Å². The molecule has 0 aromatic heterocycles. The lowest BCUT2D eigenvalue weighted by Gasteiger charge is -2.13. The van der Waals surface area contributed by atoms with Gasteiger partial charge in [0.15, 0.2) is 0 Å². The van der Waals surface area contributed by atoms with Crippen molar-refractivity contribution in [3.05, 3.63) is 46.4 Å². The minimum atomic E-state index is -0.621. The summed E-state index contributed by atoms with van der Waals surface area (Å²) in [5.74, 6) is 0. The molecular formula is C13H13BrO2. The van der Waals surface area contributed by atoms with Gasteiger partial charge in [0.05, 0.1) is 6.10 Å². The second-order valence-corrected chi connectivity index (χ2v) is 4.51. The molecule has 0 saturated carbocycles. The zero-order chi connectivity index (χ0) is 11.5. The van der Waals surface area contributed by atoms with Crippen LogP contribution in [0.25, 0.3) is 10.8 Å². The summed E-state index contributed by atoms with van der Waals surface area (Å²) >= 11 is 3.51. The van der Waals surface area contributed by atoms with Gasteiger partial charge in [-0.3, -0.25) is 0 Å². The molecule has 0 heterocycles. The molecule has 2 N–H and O–H groups in total. The lowest BCUT2D eigenvalue weighted by molar-refractivity contribution is 0.134. The molecule has 0 amide bonds. The van der Waals surface area contributed by atoms with E-state index in [2.05, 4.69) is 15.9 Å². The maximum atomic E-state index is 9.87. The van der Waals surface area contributed by atoms with Crippen molar-refractivity contribution in [3.63, 3.8) is 0 Å². The van der Waals surface area contributed by atoms with Crippen molar-refractivity contribution >= 4 is 26.7 Å². The highest BCUT2D eigenvalue weighted by atomic mass is 79.9. The van der Waals surface area contributed by atoms with Crippen LogP contribution >= 0.6 is 15.9 Å². The largest absolute Gasteiger partial charge is 0.396 e. The van der Waals surface area contributed by atoms with Crippen LogP contribution in [0, 0.1) is 0 Å². The first kappa shape index (κ1) is 11.6. The standard InChI is InChI=1S/C13H13BrO2/c14-13-10-4-2-1-3-9(10)5-6-11(13)12(16)7-8-15/h1-6,12,15-16H,7-8H2. The molecule has 2 rings (SSSR count). The third-order valence-corrected chi connectivity index (χ3v) is 3.54. The predicted molar refractivity (Wildman–Crippen MR) is 68.3 cm³/mol. The number of rotatable bonds is 3. The normalized spacial score (nSPS) is 12.9. The van der Waals surface area contributed by atoms with Crippen LogP contribution in [0.5, 0.6) is 0 Å². The number of hydrogen-bond acceptors (Lipinski definition) is 2. The second kappa shape index (κ2) is 4.95. The van der Waals surface area contributed by atoms with E-state index in [1.807, 2.05) is 36.4 Å². The summed E-state index contributed by atoms with van der Waals surface area (Å²) in [5, 5.41) is 20.9. The van der Waals surface area contributed by atoms with Gasteiger partial charge in [-0.1, -0.05) is 36.4 Å². The predicted octanol–water partition coefficient (Wildman–Crippen LogP) is 3.02. The van der Waals surface area contributed by atoms with Crippen molar-refractivity contribution in [2.45, 2.75) is 12.5 Å². The molecule has 0 bridgehead atoms. The van der Waals surface area contributed by atoms with E-state index in [0.717, 1.165) is 20.8 Å². The summed E-state index contributed by atoms with van der Waals surface area (Å²) in [5.41, 5.74) is 0.827. The Balaban J connectivity index is 2.52. The molecule has 1 atom stereocenters. The van der Waals surface area contributed by atoms with E-state index >= 15 is 0 Å². The molecule has 0 aliphatic carbocycles. The van der Waals surface area contributed by atoms with E-state index < -0.39 is 6.10 Å². The van der Waals surface area contributed by atoms with Crippen LogP contribution in [0.15, 0.2) is 40.9 Å². The molecule has 0 saturated heterocycles. The molecule has 3 heteroatoms. The first-order valence-electron chi connectivity index (χ1n) is 5.20. The topological polar surface area (TPSA) is 40.5 Å². The Morgan fingerprint density at radius 2 is 1.88 bits per heavy atom. The number of aliphatic hydroxyl groups excluding tert-OH is 2. The van der Waals surface area contributed by atoms with E-state index in [4.69, 9.17) is 5.11 Å². The summed E-state index contributed by atoms with van der Waals surface area (Å²) in [4.78, 5) is 0. The molecule has 0 fully saturated rings. The maximum absolute atomic E-state index is 9.87. The number of halogens is 1. The van der Waals surface area contributed by atoms with Crippen molar-refractivity contribution in [3.8, 4) is 0 Å². The van der Waals surface area contributed by atoms with Gasteiger partial charge in [0.2, 0.25) is 0 Å². The third-order valence-electron chi connectivity index (χ3n) is 2.65. The highest BCUT2D eigenvalue weighted by molar-refractivity contribution is 9.10. The zero-order valence-electron chi connectivity index (χ0n) is 8.73. The van der Waals surface area contributed by atoms with Gasteiger partial charge >= 0.3 is 0 Å². The maximum Gasteiger partial charge on any atom is 0.0823 e. The van der Waals surface area contributed by atoms with E-state index in [9.17, 15) is 5.11 Å². The van der Waals surface area contributed by atoms with Gasteiger partial charge in [0.25, 0.3) is 0 Å². The number of hydrogen-bond donors (Lipinski definition) is 2. The van der Waals surface area contributed by atoms with Gasteiger partial charge in [-0.15, -0.1) is 0 Å². The zero-order valence-corrected chi connectivity index (χ0v) is 10.3. The van der Waals surface area contributed by atoms with Gasteiger partial charge in [-0.25, -0.2) is 0 Å². The first-order valence-corrected chi connectivity index (χ1v) is 5.99. The molecule has 1 unspecified atom stereocenters.